The Bertz CT molecular complexity index is 1150. The lowest BCUT2D eigenvalue weighted by atomic mass is 10.1. The average molecular weight is 461 g/mol. The summed E-state index contributed by atoms with van der Waals surface area (Å²) in [4.78, 5) is 21.6. The van der Waals surface area contributed by atoms with Crippen molar-refractivity contribution in [3.05, 3.63) is 47.5 Å². The molecule has 0 aliphatic carbocycles. The van der Waals surface area contributed by atoms with Crippen LogP contribution in [-0.2, 0) is 4.74 Å². The molecule has 0 atom stereocenters. The van der Waals surface area contributed by atoms with E-state index in [1.54, 1.807) is 18.2 Å². The zero-order valence-electron chi connectivity index (χ0n) is 17.2. The second-order valence-electron chi connectivity index (χ2n) is 7.56. The first-order valence-corrected chi connectivity index (χ1v) is 11.2. The van der Waals surface area contributed by atoms with E-state index in [4.69, 9.17) is 14.2 Å². The lowest BCUT2D eigenvalue weighted by Gasteiger charge is -2.27. The maximum Gasteiger partial charge on any atom is 0.260 e. The van der Waals surface area contributed by atoms with Gasteiger partial charge in [-0.2, -0.15) is 0 Å². The fourth-order valence-corrected chi connectivity index (χ4v) is 4.84. The van der Waals surface area contributed by atoms with Crippen molar-refractivity contribution in [3.63, 3.8) is 0 Å². The molecule has 2 aromatic carbocycles. The number of hydrogen-bond donors (Lipinski definition) is 0. The number of aromatic nitrogens is 1. The number of amides is 1. The molecule has 1 amide bonds. The second kappa shape index (κ2) is 8.97. The van der Waals surface area contributed by atoms with Gasteiger partial charge in [-0.25, -0.2) is 13.8 Å². The van der Waals surface area contributed by atoms with E-state index in [-0.39, 0.29) is 18.2 Å². The van der Waals surface area contributed by atoms with Crippen LogP contribution in [0.25, 0.3) is 10.2 Å². The Balaban J connectivity index is 1.42. The highest BCUT2D eigenvalue weighted by atomic mass is 32.1. The van der Waals surface area contributed by atoms with Crippen LogP contribution in [-0.4, -0.2) is 62.0 Å². The summed E-state index contributed by atoms with van der Waals surface area (Å²) in [5.74, 6) is -0.623. The fraction of sp³-hybridized carbons (Fsp3) is 0.364. The van der Waals surface area contributed by atoms with Gasteiger partial charge in [-0.15, -0.1) is 0 Å². The summed E-state index contributed by atoms with van der Waals surface area (Å²) in [6.07, 6.45) is 0.697. The van der Waals surface area contributed by atoms with Crippen molar-refractivity contribution in [2.75, 3.05) is 51.1 Å². The third kappa shape index (κ3) is 4.25. The first-order valence-electron chi connectivity index (χ1n) is 10.4. The van der Waals surface area contributed by atoms with Gasteiger partial charge in [0.25, 0.3) is 5.91 Å². The topological polar surface area (TPSA) is 64.1 Å². The van der Waals surface area contributed by atoms with Crippen molar-refractivity contribution in [2.45, 2.75) is 6.42 Å². The molecule has 0 radical (unpaired) electrons. The standard InChI is InChI=1S/C22H21F2N3O4S/c23-15-11-16(24)20-19(12-15)32-22(25-20)27(5-1-4-26-6-8-29-9-7-26)21(28)14-2-3-17-18(10-14)31-13-30-17/h2-3,10-12H,1,4-9,13H2. The molecule has 168 valence electrons. The summed E-state index contributed by atoms with van der Waals surface area (Å²) in [5, 5.41) is 0.328. The van der Waals surface area contributed by atoms with Crippen LogP contribution < -0.4 is 14.4 Å². The lowest BCUT2D eigenvalue weighted by molar-refractivity contribution is 0.0376. The molecule has 1 aromatic heterocycles. The zero-order chi connectivity index (χ0) is 22.1. The molecule has 2 aliphatic rings. The molecule has 0 spiro atoms. The fourth-order valence-electron chi connectivity index (χ4n) is 3.81. The first kappa shape index (κ1) is 21.0. The van der Waals surface area contributed by atoms with Gasteiger partial charge < -0.3 is 14.2 Å². The molecule has 3 aromatic rings. The molecule has 5 rings (SSSR count). The highest BCUT2D eigenvalue weighted by Crippen LogP contribution is 2.35. The highest BCUT2D eigenvalue weighted by molar-refractivity contribution is 7.22. The maximum atomic E-state index is 14.2. The largest absolute Gasteiger partial charge is 0.454 e. The molecule has 10 heteroatoms. The third-order valence-electron chi connectivity index (χ3n) is 5.46. The van der Waals surface area contributed by atoms with Crippen LogP contribution in [0.4, 0.5) is 13.9 Å². The number of morpholine rings is 1. The molecule has 0 saturated carbocycles. The predicted octanol–water partition coefficient (Wildman–Crippen LogP) is 3.67. The van der Waals surface area contributed by atoms with Gasteiger partial charge in [0.1, 0.15) is 11.3 Å². The third-order valence-corrected chi connectivity index (χ3v) is 6.48. The normalized spacial score (nSPS) is 15.9. The van der Waals surface area contributed by atoms with Crippen LogP contribution in [0.15, 0.2) is 30.3 Å². The Labute approximate surface area is 187 Å². The van der Waals surface area contributed by atoms with E-state index in [9.17, 15) is 13.6 Å². The van der Waals surface area contributed by atoms with Crippen LogP contribution in [0.5, 0.6) is 11.5 Å². The molecule has 0 bridgehead atoms. The number of hydrogen-bond acceptors (Lipinski definition) is 7. The Morgan fingerprint density at radius 1 is 1.12 bits per heavy atom. The van der Waals surface area contributed by atoms with E-state index >= 15 is 0 Å². The monoisotopic (exact) mass is 461 g/mol. The van der Waals surface area contributed by atoms with E-state index in [0.29, 0.717) is 53.1 Å². The van der Waals surface area contributed by atoms with Gasteiger partial charge in [0.2, 0.25) is 6.79 Å². The van der Waals surface area contributed by atoms with Crippen LogP contribution in [0.1, 0.15) is 16.8 Å². The molecule has 0 unspecified atom stereocenters. The van der Waals surface area contributed by atoms with Gasteiger partial charge in [0.15, 0.2) is 22.4 Å². The number of ether oxygens (including phenoxy) is 3. The van der Waals surface area contributed by atoms with Gasteiger partial charge in [0.05, 0.1) is 17.9 Å². The number of benzene rings is 2. The smallest absolute Gasteiger partial charge is 0.260 e. The van der Waals surface area contributed by atoms with E-state index < -0.39 is 11.6 Å². The van der Waals surface area contributed by atoms with Crippen LogP contribution >= 0.6 is 11.3 Å². The van der Waals surface area contributed by atoms with Crippen LogP contribution in [0, 0.1) is 11.6 Å². The summed E-state index contributed by atoms with van der Waals surface area (Å²) >= 11 is 1.09. The van der Waals surface area contributed by atoms with Gasteiger partial charge in [-0.1, -0.05) is 11.3 Å². The number of carbonyl (C=O) groups is 1. The number of thiazole rings is 1. The molecule has 7 nitrogen and oxygen atoms in total. The van der Waals surface area contributed by atoms with Crippen molar-refractivity contribution in [3.8, 4) is 11.5 Å². The lowest BCUT2D eigenvalue weighted by Crippen LogP contribution is -2.39. The Morgan fingerprint density at radius 3 is 2.78 bits per heavy atom. The summed E-state index contributed by atoms with van der Waals surface area (Å²) in [6, 6.07) is 7.02. The minimum Gasteiger partial charge on any atom is -0.454 e. The molecule has 3 heterocycles. The first-order chi connectivity index (χ1) is 15.6. The van der Waals surface area contributed by atoms with Crippen molar-refractivity contribution >= 4 is 32.6 Å². The molecular weight excluding hydrogens is 440 g/mol. The van der Waals surface area contributed by atoms with E-state index in [2.05, 4.69) is 9.88 Å². The van der Waals surface area contributed by atoms with Crippen molar-refractivity contribution in [2.24, 2.45) is 0 Å². The Hall–Kier alpha value is -2.82. The average Bonchev–Trinajstić information content (AvgIpc) is 3.43. The molecule has 32 heavy (non-hydrogen) atoms. The number of halogens is 2. The molecular formula is C22H21F2N3O4S. The number of anilines is 1. The van der Waals surface area contributed by atoms with Crippen molar-refractivity contribution in [1.82, 2.24) is 9.88 Å². The minimum absolute atomic E-state index is 0.0584. The molecule has 2 aliphatic heterocycles. The number of fused-ring (bicyclic) bond motifs is 2. The Morgan fingerprint density at radius 2 is 1.94 bits per heavy atom. The van der Waals surface area contributed by atoms with Crippen LogP contribution in [0.2, 0.25) is 0 Å². The van der Waals surface area contributed by atoms with Gasteiger partial charge in [0, 0.05) is 37.8 Å². The molecule has 1 fully saturated rings. The van der Waals surface area contributed by atoms with E-state index in [0.717, 1.165) is 37.0 Å². The van der Waals surface area contributed by atoms with Gasteiger partial charge in [-0.05, 0) is 30.7 Å². The zero-order valence-corrected chi connectivity index (χ0v) is 18.0. The van der Waals surface area contributed by atoms with E-state index in [1.165, 1.54) is 11.0 Å². The Kier molecular flexibility index (Phi) is 5.90. The van der Waals surface area contributed by atoms with Crippen molar-refractivity contribution in [1.29, 1.82) is 0 Å². The second-order valence-corrected chi connectivity index (χ2v) is 8.57. The SMILES string of the molecule is O=C(c1ccc2c(c1)OCO2)N(CCCN1CCOCC1)c1nc2c(F)cc(F)cc2s1. The van der Waals surface area contributed by atoms with Gasteiger partial charge in [-0.3, -0.25) is 14.6 Å². The van der Waals surface area contributed by atoms with Gasteiger partial charge >= 0.3 is 0 Å². The maximum absolute atomic E-state index is 14.2. The predicted molar refractivity (Wildman–Crippen MR) is 116 cm³/mol. The van der Waals surface area contributed by atoms with Crippen LogP contribution in [0.3, 0.4) is 0 Å². The van der Waals surface area contributed by atoms with E-state index in [1.807, 2.05) is 0 Å². The number of rotatable bonds is 6. The summed E-state index contributed by atoms with van der Waals surface area (Å²) in [5.41, 5.74) is 0.467. The number of nitrogens with zero attached hydrogens (tertiary/aromatic N) is 3. The number of carbonyl (C=O) groups excluding carboxylic acids is 1. The van der Waals surface area contributed by atoms with Crippen molar-refractivity contribution < 1.29 is 27.8 Å². The summed E-state index contributed by atoms with van der Waals surface area (Å²) < 4.78 is 44.4. The quantitative estimate of drug-likeness (QED) is 0.558. The highest BCUT2D eigenvalue weighted by Gasteiger charge is 2.25. The minimum atomic E-state index is -0.744. The molecule has 0 N–H and O–H groups in total. The summed E-state index contributed by atoms with van der Waals surface area (Å²) in [6.45, 7) is 4.38. The summed E-state index contributed by atoms with van der Waals surface area (Å²) in [7, 11) is 0. The molecule has 1 saturated heterocycles.